The third-order valence-corrected chi connectivity index (χ3v) is 6.19. The summed E-state index contributed by atoms with van der Waals surface area (Å²) in [5.74, 6) is 0.508. The molecule has 0 saturated carbocycles. The third kappa shape index (κ3) is 5.42. The second-order valence-electron chi connectivity index (χ2n) is 6.46. The summed E-state index contributed by atoms with van der Waals surface area (Å²) in [5, 5.41) is 13.9. The first-order valence-corrected chi connectivity index (χ1v) is 11.6. The van der Waals surface area contributed by atoms with Gasteiger partial charge in [0.05, 0.1) is 12.0 Å². The van der Waals surface area contributed by atoms with Crippen LogP contribution in [-0.4, -0.2) is 37.6 Å². The van der Waals surface area contributed by atoms with Crippen LogP contribution in [0, 0.1) is 0 Å². The van der Waals surface area contributed by atoms with Gasteiger partial charge < -0.3 is 0 Å². The molecule has 0 aliphatic heterocycles. The van der Waals surface area contributed by atoms with Gasteiger partial charge in [-0.3, -0.25) is 14.3 Å². The van der Waals surface area contributed by atoms with Crippen molar-refractivity contribution in [3.8, 4) is 17.1 Å². The molecule has 0 aliphatic carbocycles. The maximum atomic E-state index is 12.3. The van der Waals surface area contributed by atoms with Crippen LogP contribution >= 0.6 is 39.3 Å². The van der Waals surface area contributed by atoms with Crippen molar-refractivity contribution in [1.29, 1.82) is 0 Å². The van der Waals surface area contributed by atoms with E-state index in [0.29, 0.717) is 16.0 Å². The molecule has 0 fully saturated rings. The molecule has 7 nitrogen and oxygen atoms in total. The number of halogens is 2. The summed E-state index contributed by atoms with van der Waals surface area (Å²) in [4.78, 5) is 16.4. The van der Waals surface area contributed by atoms with Crippen LogP contribution < -0.4 is 5.43 Å². The van der Waals surface area contributed by atoms with E-state index in [-0.39, 0.29) is 11.7 Å². The summed E-state index contributed by atoms with van der Waals surface area (Å²) in [6.45, 7) is 0. The maximum Gasteiger partial charge on any atom is 0.250 e. The van der Waals surface area contributed by atoms with E-state index in [1.54, 1.807) is 30.7 Å². The Labute approximate surface area is 202 Å². The number of hydrogen-bond acceptors (Lipinski definition) is 6. The number of nitrogens with one attached hydrogen (secondary N) is 1. The SMILES string of the molecule is O=C(CSc1nnc(-c2ccncc2)n1-c1ccc(Cl)cc1)NN=Cc1ccccc1Br. The molecule has 4 aromatic rings. The average Bonchev–Trinajstić information content (AvgIpc) is 3.24. The molecule has 0 spiro atoms. The predicted molar refractivity (Wildman–Crippen MR) is 130 cm³/mol. The van der Waals surface area contributed by atoms with E-state index in [1.165, 1.54) is 11.8 Å². The Morgan fingerprint density at radius 1 is 1.09 bits per heavy atom. The van der Waals surface area contributed by atoms with Gasteiger partial charge in [0.15, 0.2) is 11.0 Å². The topological polar surface area (TPSA) is 85.1 Å². The molecule has 0 bridgehead atoms. The van der Waals surface area contributed by atoms with Crippen LogP contribution in [0.1, 0.15) is 5.56 Å². The predicted octanol–water partition coefficient (Wildman–Crippen LogP) is 4.99. The minimum Gasteiger partial charge on any atom is -0.272 e. The number of amides is 1. The molecule has 4 rings (SSSR count). The van der Waals surface area contributed by atoms with Gasteiger partial charge in [0.25, 0.3) is 5.91 Å². The number of hydrazone groups is 1. The monoisotopic (exact) mass is 526 g/mol. The lowest BCUT2D eigenvalue weighted by molar-refractivity contribution is -0.118. The van der Waals surface area contributed by atoms with E-state index >= 15 is 0 Å². The average molecular weight is 528 g/mol. The summed E-state index contributed by atoms with van der Waals surface area (Å²) in [5.41, 5.74) is 5.10. The highest BCUT2D eigenvalue weighted by Crippen LogP contribution is 2.28. The highest BCUT2D eigenvalue weighted by Gasteiger charge is 2.17. The molecule has 1 N–H and O–H groups in total. The van der Waals surface area contributed by atoms with Crippen molar-refractivity contribution in [2.75, 3.05) is 5.75 Å². The number of aromatic nitrogens is 4. The van der Waals surface area contributed by atoms with Crippen molar-refractivity contribution in [1.82, 2.24) is 25.2 Å². The molecule has 0 unspecified atom stereocenters. The minimum atomic E-state index is -0.255. The largest absolute Gasteiger partial charge is 0.272 e. The lowest BCUT2D eigenvalue weighted by Crippen LogP contribution is -2.20. The highest BCUT2D eigenvalue weighted by molar-refractivity contribution is 9.10. The smallest absolute Gasteiger partial charge is 0.250 e. The molecule has 0 saturated heterocycles. The van der Waals surface area contributed by atoms with Gasteiger partial charge in [-0.2, -0.15) is 5.10 Å². The van der Waals surface area contributed by atoms with Crippen LogP contribution in [0.3, 0.4) is 0 Å². The quantitative estimate of drug-likeness (QED) is 0.208. The number of pyridine rings is 1. The Morgan fingerprint density at radius 2 is 1.84 bits per heavy atom. The number of nitrogens with zero attached hydrogens (tertiary/aromatic N) is 5. The first-order valence-electron chi connectivity index (χ1n) is 9.43. The van der Waals surface area contributed by atoms with Gasteiger partial charge in [-0.05, 0) is 42.5 Å². The number of rotatable bonds is 7. The van der Waals surface area contributed by atoms with Crippen LogP contribution in [0.15, 0.2) is 87.8 Å². The third-order valence-electron chi connectivity index (χ3n) is 4.29. The molecule has 32 heavy (non-hydrogen) atoms. The van der Waals surface area contributed by atoms with Gasteiger partial charge in [-0.25, -0.2) is 5.43 Å². The van der Waals surface area contributed by atoms with Crippen LogP contribution in [0.4, 0.5) is 0 Å². The van der Waals surface area contributed by atoms with Gasteiger partial charge in [0.2, 0.25) is 0 Å². The zero-order valence-electron chi connectivity index (χ0n) is 16.5. The van der Waals surface area contributed by atoms with E-state index in [0.717, 1.165) is 21.3 Å². The molecule has 0 atom stereocenters. The summed E-state index contributed by atoms with van der Waals surface area (Å²) >= 11 is 10.8. The van der Waals surface area contributed by atoms with Crippen LogP contribution in [0.2, 0.25) is 5.02 Å². The van der Waals surface area contributed by atoms with Gasteiger partial charge in [0, 0.05) is 38.7 Å². The van der Waals surface area contributed by atoms with Crippen LogP contribution in [-0.2, 0) is 4.79 Å². The molecule has 160 valence electrons. The van der Waals surface area contributed by atoms with Crippen molar-refractivity contribution in [3.63, 3.8) is 0 Å². The molecule has 0 aliphatic rings. The molecule has 2 heterocycles. The molecule has 10 heteroatoms. The molecule has 2 aromatic heterocycles. The fourth-order valence-corrected chi connectivity index (χ4v) is 4.05. The van der Waals surface area contributed by atoms with E-state index in [1.807, 2.05) is 53.1 Å². The summed E-state index contributed by atoms with van der Waals surface area (Å²) in [6.07, 6.45) is 4.98. The van der Waals surface area contributed by atoms with Gasteiger partial charge in [-0.15, -0.1) is 10.2 Å². The number of benzene rings is 2. The molecule has 0 radical (unpaired) electrons. The Balaban J connectivity index is 1.51. The van der Waals surface area contributed by atoms with Crippen molar-refractivity contribution in [2.24, 2.45) is 5.10 Å². The second-order valence-corrected chi connectivity index (χ2v) is 8.69. The molecule has 1 amide bonds. The number of thioether (sulfide) groups is 1. The van der Waals surface area contributed by atoms with Gasteiger partial charge in [-0.1, -0.05) is 57.5 Å². The Morgan fingerprint density at radius 3 is 2.59 bits per heavy atom. The zero-order valence-corrected chi connectivity index (χ0v) is 19.7. The fraction of sp³-hybridized carbons (Fsp3) is 0.0455. The number of carbonyl (C=O) groups excluding carboxylic acids is 1. The maximum absolute atomic E-state index is 12.3. The van der Waals surface area contributed by atoms with Crippen molar-refractivity contribution < 1.29 is 4.79 Å². The molecule has 2 aromatic carbocycles. The van der Waals surface area contributed by atoms with Crippen molar-refractivity contribution in [2.45, 2.75) is 5.16 Å². The minimum absolute atomic E-state index is 0.120. The number of carbonyl (C=O) groups is 1. The van der Waals surface area contributed by atoms with E-state index in [4.69, 9.17) is 11.6 Å². The first-order chi connectivity index (χ1) is 15.6. The number of hydrogen-bond donors (Lipinski definition) is 1. The molecular formula is C22H16BrClN6OS. The highest BCUT2D eigenvalue weighted by atomic mass is 79.9. The second kappa shape index (κ2) is 10.5. The van der Waals surface area contributed by atoms with Gasteiger partial charge in [0.1, 0.15) is 0 Å². The van der Waals surface area contributed by atoms with Crippen molar-refractivity contribution >= 4 is 51.4 Å². The summed E-state index contributed by atoms with van der Waals surface area (Å²) in [7, 11) is 0. The van der Waals surface area contributed by atoms with Crippen LogP contribution in [0.5, 0.6) is 0 Å². The van der Waals surface area contributed by atoms with E-state index in [2.05, 4.69) is 41.6 Å². The van der Waals surface area contributed by atoms with E-state index < -0.39 is 0 Å². The molecular weight excluding hydrogens is 512 g/mol. The summed E-state index contributed by atoms with van der Waals surface area (Å²) in [6, 6.07) is 18.7. The Hall–Kier alpha value is -3.01. The van der Waals surface area contributed by atoms with Crippen molar-refractivity contribution in [3.05, 3.63) is 88.1 Å². The fourth-order valence-electron chi connectivity index (χ4n) is 2.79. The normalized spacial score (nSPS) is 11.1. The van der Waals surface area contributed by atoms with E-state index in [9.17, 15) is 4.79 Å². The summed E-state index contributed by atoms with van der Waals surface area (Å²) < 4.78 is 2.78. The first kappa shape index (κ1) is 22.2. The van der Waals surface area contributed by atoms with Gasteiger partial charge >= 0.3 is 0 Å². The lowest BCUT2D eigenvalue weighted by Gasteiger charge is -2.10. The lowest BCUT2D eigenvalue weighted by atomic mass is 10.2. The Kier molecular flexibility index (Phi) is 7.31. The van der Waals surface area contributed by atoms with Crippen LogP contribution in [0.25, 0.3) is 17.1 Å². The Bertz CT molecular complexity index is 1250. The zero-order chi connectivity index (χ0) is 22.3. The standard InChI is InChI=1S/C22H16BrClN6OS/c23-19-4-2-1-3-16(19)13-26-27-20(31)14-32-22-29-28-21(15-9-11-25-12-10-15)30(22)18-7-5-17(24)6-8-18/h1-13H,14H2,(H,27,31).